The van der Waals surface area contributed by atoms with Crippen LogP contribution in [0.5, 0.6) is 5.75 Å². The number of nitro groups is 1. The van der Waals surface area contributed by atoms with E-state index in [2.05, 4.69) is 10.2 Å². The van der Waals surface area contributed by atoms with Crippen molar-refractivity contribution >= 4 is 23.2 Å². The molecule has 2 aromatic carbocycles. The van der Waals surface area contributed by atoms with Gasteiger partial charge in [0.25, 0.3) is 5.69 Å². The van der Waals surface area contributed by atoms with Gasteiger partial charge in [-0.25, -0.2) is 0 Å². The molecule has 1 aromatic heterocycles. The van der Waals surface area contributed by atoms with Crippen LogP contribution in [0.15, 0.2) is 47.6 Å². The van der Waals surface area contributed by atoms with Gasteiger partial charge < -0.3 is 9.30 Å². The highest BCUT2D eigenvalue weighted by Gasteiger charge is 2.18. The number of thioether (sulfide) groups is 1. The maximum Gasteiger partial charge on any atom is 0.273 e. The maximum atomic E-state index is 12.5. The van der Waals surface area contributed by atoms with Gasteiger partial charge in [0.05, 0.1) is 17.8 Å². The summed E-state index contributed by atoms with van der Waals surface area (Å²) < 4.78 is 7.11. The minimum Gasteiger partial charge on any atom is -0.497 e. The fourth-order valence-electron chi connectivity index (χ4n) is 2.83. The first-order valence-electron chi connectivity index (χ1n) is 8.93. The summed E-state index contributed by atoms with van der Waals surface area (Å²) in [5.74, 6) is 1.37. The van der Waals surface area contributed by atoms with Crippen LogP contribution in [0.2, 0.25) is 0 Å². The Hall–Kier alpha value is -3.20. The number of carbonyl (C=O) groups is 1. The lowest BCUT2D eigenvalue weighted by molar-refractivity contribution is -0.385. The number of aromatic nitrogens is 3. The van der Waals surface area contributed by atoms with Gasteiger partial charge >= 0.3 is 0 Å². The van der Waals surface area contributed by atoms with Crippen LogP contribution in [-0.2, 0) is 6.54 Å². The van der Waals surface area contributed by atoms with Gasteiger partial charge in [-0.3, -0.25) is 14.9 Å². The highest BCUT2D eigenvalue weighted by atomic mass is 32.2. The summed E-state index contributed by atoms with van der Waals surface area (Å²) in [4.78, 5) is 23.2. The molecule has 150 valence electrons. The predicted octanol–water partition coefficient (Wildman–Crippen LogP) is 4.17. The van der Waals surface area contributed by atoms with Crippen LogP contribution >= 0.6 is 11.8 Å². The standard InChI is InChI=1S/C20H20N4O4S/c1-4-23-19(14-7-9-16(28-3)10-8-14)21-22-20(23)29-12-18(25)15-6-5-13(2)17(11-15)24(26)27/h5-11H,4,12H2,1-3H3. The Balaban J connectivity index is 1.77. The van der Waals surface area contributed by atoms with E-state index < -0.39 is 4.92 Å². The molecule has 0 aliphatic heterocycles. The quantitative estimate of drug-likeness (QED) is 0.237. The second kappa shape index (κ2) is 8.87. The van der Waals surface area contributed by atoms with E-state index in [9.17, 15) is 14.9 Å². The lowest BCUT2D eigenvalue weighted by Gasteiger charge is -2.08. The molecule has 3 aromatic rings. The number of Topliss-reactive ketones (excluding diaryl/α,β-unsaturated/α-hetero) is 1. The number of methoxy groups -OCH3 is 1. The molecule has 0 unspecified atom stereocenters. The SMILES string of the molecule is CCn1c(SCC(=O)c2ccc(C)c([N+](=O)[O-])c2)nnc1-c1ccc(OC)cc1. The number of hydrogen-bond acceptors (Lipinski definition) is 7. The average Bonchev–Trinajstić information content (AvgIpc) is 3.15. The van der Waals surface area contributed by atoms with Gasteiger partial charge in [0.15, 0.2) is 16.8 Å². The molecule has 0 atom stereocenters. The summed E-state index contributed by atoms with van der Waals surface area (Å²) in [5, 5.41) is 20.2. The Morgan fingerprint density at radius 3 is 2.55 bits per heavy atom. The molecule has 8 nitrogen and oxygen atoms in total. The van der Waals surface area contributed by atoms with Gasteiger partial charge in [0.1, 0.15) is 5.75 Å². The monoisotopic (exact) mass is 412 g/mol. The van der Waals surface area contributed by atoms with E-state index in [1.54, 1.807) is 26.2 Å². The normalized spacial score (nSPS) is 10.7. The van der Waals surface area contributed by atoms with Crippen molar-refractivity contribution in [2.75, 3.05) is 12.9 Å². The van der Waals surface area contributed by atoms with Crippen molar-refractivity contribution in [3.05, 3.63) is 63.7 Å². The summed E-state index contributed by atoms with van der Waals surface area (Å²) in [6.45, 7) is 4.26. The van der Waals surface area contributed by atoms with Crippen LogP contribution in [0.3, 0.4) is 0 Å². The zero-order valence-corrected chi connectivity index (χ0v) is 17.1. The summed E-state index contributed by atoms with van der Waals surface area (Å²) in [6, 6.07) is 12.0. The van der Waals surface area contributed by atoms with Crippen molar-refractivity contribution in [3.8, 4) is 17.1 Å². The molecule has 0 aliphatic rings. The number of rotatable bonds is 8. The van der Waals surface area contributed by atoms with Crippen LogP contribution in [0, 0.1) is 17.0 Å². The predicted molar refractivity (Wildman–Crippen MR) is 111 cm³/mol. The topological polar surface area (TPSA) is 100 Å². The molecule has 0 bridgehead atoms. The summed E-state index contributed by atoms with van der Waals surface area (Å²) in [6.07, 6.45) is 0. The number of nitro benzene ring substituents is 1. The van der Waals surface area contributed by atoms with Gasteiger partial charge in [0, 0.05) is 29.3 Å². The Morgan fingerprint density at radius 1 is 1.21 bits per heavy atom. The Morgan fingerprint density at radius 2 is 1.93 bits per heavy atom. The summed E-state index contributed by atoms with van der Waals surface area (Å²) >= 11 is 1.26. The van der Waals surface area contributed by atoms with Crippen LogP contribution in [0.1, 0.15) is 22.8 Å². The average molecular weight is 412 g/mol. The molecule has 0 spiro atoms. The van der Waals surface area contributed by atoms with Gasteiger partial charge in [-0.05, 0) is 38.1 Å². The number of nitrogens with zero attached hydrogens (tertiary/aromatic N) is 4. The van der Waals surface area contributed by atoms with Crippen LogP contribution in [-0.4, -0.2) is 38.3 Å². The molecular weight excluding hydrogens is 392 g/mol. The van der Waals surface area contributed by atoms with Gasteiger partial charge in [-0.15, -0.1) is 10.2 Å². The van der Waals surface area contributed by atoms with Crippen molar-refractivity contribution in [2.45, 2.75) is 25.5 Å². The van der Waals surface area contributed by atoms with E-state index in [0.29, 0.717) is 28.7 Å². The van der Waals surface area contributed by atoms with Crippen molar-refractivity contribution in [1.82, 2.24) is 14.8 Å². The van der Waals surface area contributed by atoms with E-state index in [1.165, 1.54) is 17.8 Å². The number of carbonyl (C=O) groups excluding carboxylic acids is 1. The molecule has 3 rings (SSSR count). The fourth-order valence-corrected chi connectivity index (χ4v) is 3.72. The fraction of sp³-hybridized carbons (Fsp3) is 0.250. The van der Waals surface area contributed by atoms with Crippen LogP contribution < -0.4 is 4.74 Å². The van der Waals surface area contributed by atoms with Crippen molar-refractivity contribution in [2.24, 2.45) is 0 Å². The Bertz CT molecular complexity index is 1050. The highest BCUT2D eigenvalue weighted by Crippen LogP contribution is 2.27. The lowest BCUT2D eigenvalue weighted by Crippen LogP contribution is -2.06. The van der Waals surface area contributed by atoms with E-state index in [0.717, 1.165) is 11.3 Å². The second-order valence-electron chi connectivity index (χ2n) is 6.25. The second-order valence-corrected chi connectivity index (χ2v) is 7.19. The number of ketones is 1. The molecule has 1 heterocycles. The third-order valence-corrected chi connectivity index (χ3v) is 5.41. The van der Waals surface area contributed by atoms with Crippen LogP contribution in [0.25, 0.3) is 11.4 Å². The summed E-state index contributed by atoms with van der Waals surface area (Å²) in [7, 11) is 1.61. The van der Waals surface area contributed by atoms with Gasteiger partial charge in [-0.2, -0.15) is 0 Å². The number of aryl methyl sites for hydroxylation is 1. The first-order valence-corrected chi connectivity index (χ1v) is 9.91. The van der Waals surface area contributed by atoms with Crippen molar-refractivity contribution < 1.29 is 14.5 Å². The first kappa shape index (κ1) is 20.5. The van der Waals surface area contributed by atoms with E-state index >= 15 is 0 Å². The van der Waals surface area contributed by atoms with E-state index in [4.69, 9.17) is 4.74 Å². The first-order chi connectivity index (χ1) is 13.9. The maximum absolute atomic E-state index is 12.5. The molecular formula is C20H20N4O4S. The molecule has 0 radical (unpaired) electrons. The Kier molecular flexibility index (Phi) is 6.28. The minimum atomic E-state index is -0.478. The smallest absolute Gasteiger partial charge is 0.273 e. The molecule has 0 saturated carbocycles. The van der Waals surface area contributed by atoms with Crippen LogP contribution in [0.4, 0.5) is 5.69 Å². The van der Waals surface area contributed by atoms with E-state index in [1.807, 2.05) is 35.8 Å². The molecule has 0 N–H and O–H groups in total. The number of ether oxygens (including phenoxy) is 1. The summed E-state index contributed by atoms with van der Waals surface area (Å²) in [5.41, 5.74) is 1.67. The zero-order valence-electron chi connectivity index (χ0n) is 16.3. The van der Waals surface area contributed by atoms with Gasteiger partial charge in [-0.1, -0.05) is 23.9 Å². The van der Waals surface area contributed by atoms with Crippen molar-refractivity contribution in [1.29, 1.82) is 0 Å². The van der Waals surface area contributed by atoms with Gasteiger partial charge in [0.2, 0.25) is 0 Å². The number of benzene rings is 2. The third kappa shape index (κ3) is 4.45. The molecule has 0 amide bonds. The lowest BCUT2D eigenvalue weighted by atomic mass is 10.1. The van der Waals surface area contributed by atoms with E-state index in [-0.39, 0.29) is 17.2 Å². The zero-order chi connectivity index (χ0) is 21.0. The Labute approximate surface area is 172 Å². The largest absolute Gasteiger partial charge is 0.497 e. The highest BCUT2D eigenvalue weighted by molar-refractivity contribution is 7.99. The molecule has 0 saturated heterocycles. The molecule has 29 heavy (non-hydrogen) atoms. The third-order valence-electron chi connectivity index (χ3n) is 4.44. The van der Waals surface area contributed by atoms with Crippen molar-refractivity contribution in [3.63, 3.8) is 0 Å². The minimum absolute atomic E-state index is 0.0561. The molecule has 0 aliphatic carbocycles. The molecule has 0 fully saturated rings. The number of hydrogen-bond donors (Lipinski definition) is 0. The molecule has 9 heteroatoms.